The maximum absolute atomic E-state index is 12.9. The van der Waals surface area contributed by atoms with Crippen molar-refractivity contribution < 1.29 is 32.3 Å². The van der Waals surface area contributed by atoms with E-state index in [9.17, 15) is 27.6 Å². The normalized spacial score (nSPS) is 10.9. The molecule has 0 aliphatic carbocycles. The van der Waals surface area contributed by atoms with E-state index in [1.165, 1.54) is 36.4 Å². The summed E-state index contributed by atoms with van der Waals surface area (Å²) in [4.78, 5) is 37.2. The van der Waals surface area contributed by atoms with E-state index < -0.39 is 29.5 Å². The fourth-order valence-corrected chi connectivity index (χ4v) is 3.11. The van der Waals surface area contributed by atoms with E-state index in [-0.39, 0.29) is 29.0 Å². The Bertz CT molecular complexity index is 1230. The summed E-state index contributed by atoms with van der Waals surface area (Å²) in [6, 6.07) is 16.7. The number of hydrogen-bond donors (Lipinski definition) is 3. The number of carbonyl (C=O) groups is 3. The van der Waals surface area contributed by atoms with Gasteiger partial charge in [-0.05, 0) is 55.5 Å². The van der Waals surface area contributed by atoms with Gasteiger partial charge in [0, 0.05) is 16.9 Å². The van der Waals surface area contributed by atoms with Crippen molar-refractivity contribution in [2.24, 2.45) is 0 Å². The molecule has 0 spiro atoms. The largest absolute Gasteiger partial charge is 0.493 e. The lowest BCUT2D eigenvalue weighted by molar-refractivity contribution is -0.137. The first kappa shape index (κ1) is 25.3. The van der Waals surface area contributed by atoms with Crippen LogP contribution in [0.3, 0.4) is 0 Å². The van der Waals surface area contributed by atoms with Crippen LogP contribution in [0.4, 0.5) is 24.5 Å². The lowest BCUT2D eigenvalue weighted by Gasteiger charge is -2.12. The highest BCUT2D eigenvalue weighted by Gasteiger charge is 2.30. The number of alkyl halides is 3. The first-order valence-electron chi connectivity index (χ1n) is 10.6. The number of para-hydroxylation sites is 1. The van der Waals surface area contributed by atoms with Crippen LogP contribution in [0, 0.1) is 0 Å². The number of rotatable bonds is 8. The van der Waals surface area contributed by atoms with Crippen LogP contribution in [-0.4, -0.2) is 30.9 Å². The number of hydrogen-bond acceptors (Lipinski definition) is 4. The van der Waals surface area contributed by atoms with Crippen molar-refractivity contribution in [3.63, 3.8) is 0 Å². The zero-order valence-corrected chi connectivity index (χ0v) is 18.6. The Hall–Kier alpha value is -4.34. The zero-order chi connectivity index (χ0) is 25.4. The third-order valence-electron chi connectivity index (χ3n) is 4.70. The summed E-state index contributed by atoms with van der Waals surface area (Å²) in [5.74, 6) is -1.28. The van der Waals surface area contributed by atoms with E-state index in [1.807, 2.05) is 0 Å². The van der Waals surface area contributed by atoms with Crippen molar-refractivity contribution in [2.45, 2.75) is 13.1 Å². The molecular formula is C25H22F3N3O4. The number of ether oxygens (including phenoxy) is 1. The molecule has 0 heterocycles. The lowest BCUT2D eigenvalue weighted by atomic mass is 10.1. The third-order valence-corrected chi connectivity index (χ3v) is 4.70. The molecule has 7 nitrogen and oxygen atoms in total. The second-order valence-electron chi connectivity index (χ2n) is 7.27. The molecule has 0 bridgehead atoms. The minimum atomic E-state index is -4.54. The van der Waals surface area contributed by atoms with Crippen LogP contribution < -0.4 is 20.7 Å². The molecule has 3 aromatic carbocycles. The predicted molar refractivity (Wildman–Crippen MR) is 124 cm³/mol. The first-order chi connectivity index (χ1) is 16.7. The van der Waals surface area contributed by atoms with Gasteiger partial charge in [-0.3, -0.25) is 14.4 Å². The van der Waals surface area contributed by atoms with Crippen molar-refractivity contribution in [3.8, 4) is 5.75 Å². The van der Waals surface area contributed by atoms with E-state index >= 15 is 0 Å². The molecule has 0 aliphatic rings. The molecule has 0 fully saturated rings. The number of halogens is 3. The molecule has 0 aliphatic heterocycles. The minimum Gasteiger partial charge on any atom is -0.493 e. The fraction of sp³-hybridized carbons (Fsp3) is 0.160. The fourth-order valence-electron chi connectivity index (χ4n) is 3.11. The van der Waals surface area contributed by atoms with E-state index in [0.29, 0.717) is 12.4 Å². The number of benzene rings is 3. The lowest BCUT2D eigenvalue weighted by Crippen LogP contribution is -2.33. The Kier molecular flexibility index (Phi) is 8.08. The molecule has 0 aromatic heterocycles. The molecule has 0 saturated carbocycles. The van der Waals surface area contributed by atoms with Crippen LogP contribution in [0.2, 0.25) is 0 Å². The van der Waals surface area contributed by atoms with Crippen molar-refractivity contribution in [1.82, 2.24) is 5.32 Å². The maximum atomic E-state index is 12.9. The van der Waals surface area contributed by atoms with E-state index in [4.69, 9.17) is 4.74 Å². The van der Waals surface area contributed by atoms with Crippen LogP contribution in [0.15, 0.2) is 72.8 Å². The summed E-state index contributed by atoms with van der Waals surface area (Å²) in [5.41, 5.74) is -0.225. The topological polar surface area (TPSA) is 96.5 Å². The van der Waals surface area contributed by atoms with Gasteiger partial charge in [-0.15, -0.1) is 0 Å². The van der Waals surface area contributed by atoms with Gasteiger partial charge in [0.25, 0.3) is 11.8 Å². The van der Waals surface area contributed by atoms with E-state index in [0.717, 1.165) is 12.1 Å². The van der Waals surface area contributed by atoms with Gasteiger partial charge < -0.3 is 20.7 Å². The number of amides is 3. The molecule has 0 atom stereocenters. The monoisotopic (exact) mass is 485 g/mol. The van der Waals surface area contributed by atoms with Gasteiger partial charge in [0.05, 0.1) is 24.3 Å². The van der Waals surface area contributed by atoms with E-state index in [2.05, 4.69) is 16.0 Å². The highest BCUT2D eigenvalue weighted by atomic mass is 19.4. The highest BCUT2D eigenvalue weighted by molar-refractivity contribution is 6.06. The highest BCUT2D eigenvalue weighted by Crippen LogP contribution is 2.30. The molecular weight excluding hydrogens is 463 g/mol. The van der Waals surface area contributed by atoms with Crippen LogP contribution in [-0.2, 0) is 11.0 Å². The van der Waals surface area contributed by atoms with Crippen molar-refractivity contribution in [2.75, 3.05) is 23.8 Å². The Morgan fingerprint density at radius 1 is 0.829 bits per heavy atom. The standard InChI is InChI=1S/C25H22F3N3O4/c1-2-35-21-12-4-3-11-20(21)24(34)29-15-22(32)30-18-9-5-7-16(13-18)23(33)31-19-10-6-8-17(14-19)25(26,27)28/h3-14H,2,15H2,1H3,(H,29,34)(H,30,32)(H,31,33). The SMILES string of the molecule is CCOc1ccccc1C(=O)NCC(=O)Nc1cccc(C(=O)Nc2cccc(C(F)(F)F)c2)c1. The van der Waals surface area contributed by atoms with Gasteiger partial charge >= 0.3 is 6.18 Å². The predicted octanol–water partition coefficient (Wildman–Crippen LogP) is 4.72. The summed E-state index contributed by atoms with van der Waals surface area (Å²) in [5, 5.41) is 7.47. The quantitative estimate of drug-likeness (QED) is 0.430. The smallest absolute Gasteiger partial charge is 0.416 e. The molecule has 0 unspecified atom stereocenters. The number of anilines is 2. The first-order valence-corrected chi connectivity index (χ1v) is 10.6. The van der Waals surface area contributed by atoms with Crippen LogP contribution >= 0.6 is 0 Å². The van der Waals surface area contributed by atoms with Crippen LogP contribution in [0.5, 0.6) is 5.75 Å². The Morgan fingerprint density at radius 2 is 1.51 bits per heavy atom. The van der Waals surface area contributed by atoms with Crippen molar-refractivity contribution in [3.05, 3.63) is 89.5 Å². The van der Waals surface area contributed by atoms with Gasteiger partial charge in [0.2, 0.25) is 5.91 Å². The van der Waals surface area contributed by atoms with Crippen LogP contribution in [0.25, 0.3) is 0 Å². The minimum absolute atomic E-state index is 0.0192. The summed E-state index contributed by atoms with van der Waals surface area (Å²) >= 11 is 0. The number of nitrogens with one attached hydrogen (secondary N) is 3. The van der Waals surface area contributed by atoms with Gasteiger partial charge in [-0.1, -0.05) is 24.3 Å². The van der Waals surface area contributed by atoms with E-state index in [1.54, 1.807) is 31.2 Å². The Balaban J connectivity index is 1.60. The molecule has 0 radical (unpaired) electrons. The average Bonchev–Trinajstić information content (AvgIpc) is 2.83. The Labute approximate surface area is 199 Å². The molecule has 35 heavy (non-hydrogen) atoms. The summed E-state index contributed by atoms with van der Waals surface area (Å²) in [6.07, 6.45) is -4.54. The van der Waals surface area contributed by atoms with Crippen molar-refractivity contribution >= 4 is 29.1 Å². The Morgan fingerprint density at radius 3 is 2.23 bits per heavy atom. The summed E-state index contributed by atoms with van der Waals surface area (Å²) in [6.45, 7) is 1.83. The average molecular weight is 485 g/mol. The maximum Gasteiger partial charge on any atom is 0.416 e. The second-order valence-corrected chi connectivity index (χ2v) is 7.27. The van der Waals surface area contributed by atoms with Crippen LogP contribution in [0.1, 0.15) is 33.2 Å². The van der Waals surface area contributed by atoms with Gasteiger partial charge in [0.15, 0.2) is 0 Å². The second kappa shape index (κ2) is 11.2. The third kappa shape index (κ3) is 7.07. The van der Waals surface area contributed by atoms with Gasteiger partial charge in [0.1, 0.15) is 5.75 Å². The van der Waals surface area contributed by atoms with Gasteiger partial charge in [-0.25, -0.2) is 0 Å². The summed E-state index contributed by atoms with van der Waals surface area (Å²) < 4.78 is 44.0. The molecule has 10 heteroatoms. The molecule has 3 aromatic rings. The molecule has 0 saturated heterocycles. The molecule has 3 amide bonds. The van der Waals surface area contributed by atoms with Crippen molar-refractivity contribution in [1.29, 1.82) is 0 Å². The van der Waals surface area contributed by atoms with Gasteiger partial charge in [-0.2, -0.15) is 13.2 Å². The summed E-state index contributed by atoms with van der Waals surface area (Å²) in [7, 11) is 0. The molecule has 182 valence electrons. The molecule has 3 rings (SSSR count). The molecule has 3 N–H and O–H groups in total. The number of carbonyl (C=O) groups excluding carboxylic acids is 3. The zero-order valence-electron chi connectivity index (χ0n) is 18.6.